The molecule has 0 radical (unpaired) electrons. The van der Waals surface area contributed by atoms with Crippen LogP contribution in [0.3, 0.4) is 0 Å². The second-order valence-electron chi connectivity index (χ2n) is 4.75. The number of benzene rings is 2. The monoisotopic (exact) mass is 333 g/mol. The SMILES string of the molecule is Cc1ccc(C(=O)O)cc1NC(C)c1ccc(Br)cc1. The molecule has 1 atom stereocenters. The van der Waals surface area contributed by atoms with Crippen LogP contribution in [0.25, 0.3) is 0 Å². The van der Waals surface area contributed by atoms with E-state index in [4.69, 9.17) is 5.11 Å². The molecular formula is C16H16BrNO2. The van der Waals surface area contributed by atoms with Gasteiger partial charge in [0.05, 0.1) is 5.56 Å². The molecule has 0 spiro atoms. The molecule has 1 unspecified atom stereocenters. The molecule has 0 aromatic heterocycles. The highest BCUT2D eigenvalue weighted by molar-refractivity contribution is 9.10. The standard InChI is InChI=1S/C16H16BrNO2/c1-10-3-4-13(16(19)20)9-15(10)18-11(2)12-5-7-14(17)8-6-12/h3-9,11,18H,1-2H3,(H,19,20). The first-order valence-corrected chi connectivity index (χ1v) is 7.12. The normalized spacial score (nSPS) is 11.9. The van der Waals surface area contributed by atoms with Gasteiger partial charge in [-0.2, -0.15) is 0 Å². The van der Waals surface area contributed by atoms with Gasteiger partial charge in [0.1, 0.15) is 0 Å². The third-order valence-corrected chi connectivity index (χ3v) is 3.76. The topological polar surface area (TPSA) is 49.3 Å². The minimum absolute atomic E-state index is 0.103. The second-order valence-corrected chi connectivity index (χ2v) is 5.67. The molecule has 2 aromatic carbocycles. The highest BCUT2D eigenvalue weighted by Gasteiger charge is 2.10. The van der Waals surface area contributed by atoms with E-state index in [2.05, 4.69) is 28.2 Å². The summed E-state index contributed by atoms with van der Waals surface area (Å²) < 4.78 is 1.04. The van der Waals surface area contributed by atoms with Gasteiger partial charge in [0.2, 0.25) is 0 Å². The Morgan fingerprint density at radius 2 is 1.85 bits per heavy atom. The van der Waals surface area contributed by atoms with Crippen LogP contribution in [-0.2, 0) is 0 Å². The van der Waals surface area contributed by atoms with E-state index in [1.54, 1.807) is 12.1 Å². The minimum Gasteiger partial charge on any atom is -0.478 e. The van der Waals surface area contributed by atoms with Gasteiger partial charge in [-0.25, -0.2) is 4.79 Å². The van der Waals surface area contributed by atoms with E-state index in [0.717, 1.165) is 21.3 Å². The van der Waals surface area contributed by atoms with Crippen LogP contribution in [0.15, 0.2) is 46.9 Å². The van der Waals surface area contributed by atoms with Crippen molar-refractivity contribution in [1.29, 1.82) is 0 Å². The molecule has 0 aliphatic heterocycles. The van der Waals surface area contributed by atoms with Gasteiger partial charge in [0, 0.05) is 16.2 Å². The first-order chi connectivity index (χ1) is 9.47. The number of hydrogen-bond donors (Lipinski definition) is 2. The maximum atomic E-state index is 11.0. The molecule has 0 aliphatic carbocycles. The fourth-order valence-corrected chi connectivity index (χ4v) is 2.24. The van der Waals surface area contributed by atoms with Gasteiger partial charge in [0.25, 0.3) is 0 Å². The zero-order valence-corrected chi connectivity index (χ0v) is 12.9. The van der Waals surface area contributed by atoms with Crippen LogP contribution < -0.4 is 5.32 Å². The zero-order chi connectivity index (χ0) is 14.7. The second kappa shape index (κ2) is 6.09. The Bertz CT molecular complexity index is 623. The number of carbonyl (C=O) groups is 1. The lowest BCUT2D eigenvalue weighted by atomic mass is 10.1. The average molecular weight is 334 g/mol. The molecule has 2 rings (SSSR count). The molecular weight excluding hydrogens is 318 g/mol. The van der Waals surface area contributed by atoms with Gasteiger partial charge < -0.3 is 10.4 Å². The first-order valence-electron chi connectivity index (χ1n) is 6.33. The molecule has 0 amide bonds. The number of anilines is 1. The summed E-state index contributed by atoms with van der Waals surface area (Å²) in [5, 5.41) is 12.4. The van der Waals surface area contributed by atoms with Crippen molar-refractivity contribution >= 4 is 27.6 Å². The number of aryl methyl sites for hydroxylation is 1. The number of hydrogen-bond acceptors (Lipinski definition) is 2. The van der Waals surface area contributed by atoms with E-state index >= 15 is 0 Å². The first kappa shape index (κ1) is 14.6. The van der Waals surface area contributed by atoms with E-state index < -0.39 is 5.97 Å². The molecule has 0 aliphatic rings. The third kappa shape index (κ3) is 3.39. The molecule has 4 heteroatoms. The van der Waals surface area contributed by atoms with Gasteiger partial charge in [-0.05, 0) is 49.2 Å². The van der Waals surface area contributed by atoms with Gasteiger partial charge in [-0.15, -0.1) is 0 Å². The molecule has 0 saturated heterocycles. The van der Waals surface area contributed by atoms with Crippen molar-refractivity contribution in [3.63, 3.8) is 0 Å². The van der Waals surface area contributed by atoms with Crippen molar-refractivity contribution in [1.82, 2.24) is 0 Å². The van der Waals surface area contributed by atoms with Crippen molar-refractivity contribution in [2.24, 2.45) is 0 Å². The maximum absolute atomic E-state index is 11.0. The highest BCUT2D eigenvalue weighted by atomic mass is 79.9. The fraction of sp³-hybridized carbons (Fsp3) is 0.188. The molecule has 2 N–H and O–H groups in total. The lowest BCUT2D eigenvalue weighted by Gasteiger charge is -2.18. The van der Waals surface area contributed by atoms with E-state index in [1.807, 2.05) is 37.3 Å². The van der Waals surface area contributed by atoms with Crippen LogP contribution in [0.5, 0.6) is 0 Å². The predicted octanol–water partition coefficient (Wildman–Crippen LogP) is 4.63. The van der Waals surface area contributed by atoms with E-state index in [-0.39, 0.29) is 6.04 Å². The summed E-state index contributed by atoms with van der Waals surface area (Å²) in [6, 6.07) is 13.3. The van der Waals surface area contributed by atoms with Crippen molar-refractivity contribution in [3.05, 3.63) is 63.6 Å². The summed E-state index contributed by atoms with van der Waals surface area (Å²) in [4.78, 5) is 11.0. The van der Waals surface area contributed by atoms with Crippen molar-refractivity contribution < 1.29 is 9.90 Å². The van der Waals surface area contributed by atoms with Crippen molar-refractivity contribution in [2.75, 3.05) is 5.32 Å². The van der Waals surface area contributed by atoms with Crippen LogP contribution >= 0.6 is 15.9 Å². The minimum atomic E-state index is -0.913. The molecule has 0 heterocycles. The Kier molecular flexibility index (Phi) is 4.45. The van der Waals surface area contributed by atoms with Crippen LogP contribution in [0.4, 0.5) is 5.69 Å². The third-order valence-electron chi connectivity index (χ3n) is 3.23. The lowest BCUT2D eigenvalue weighted by molar-refractivity contribution is 0.0697. The summed E-state index contributed by atoms with van der Waals surface area (Å²) in [5.41, 5.74) is 3.31. The number of carboxylic acid groups (broad SMARTS) is 1. The van der Waals surface area contributed by atoms with Crippen LogP contribution in [0.2, 0.25) is 0 Å². The lowest BCUT2D eigenvalue weighted by Crippen LogP contribution is -2.08. The molecule has 3 nitrogen and oxygen atoms in total. The quantitative estimate of drug-likeness (QED) is 0.857. The Hall–Kier alpha value is -1.81. The van der Waals surface area contributed by atoms with Crippen molar-refractivity contribution in [2.45, 2.75) is 19.9 Å². The van der Waals surface area contributed by atoms with Crippen LogP contribution in [0, 0.1) is 6.92 Å². The average Bonchev–Trinajstić information content (AvgIpc) is 2.41. The number of carboxylic acids is 1. The Morgan fingerprint density at radius 3 is 2.45 bits per heavy atom. The van der Waals surface area contributed by atoms with E-state index in [0.29, 0.717) is 5.56 Å². The molecule has 0 bridgehead atoms. The predicted molar refractivity (Wildman–Crippen MR) is 84.3 cm³/mol. The van der Waals surface area contributed by atoms with Gasteiger partial charge in [-0.1, -0.05) is 34.1 Å². The van der Waals surface area contributed by atoms with Crippen LogP contribution in [-0.4, -0.2) is 11.1 Å². The van der Waals surface area contributed by atoms with Crippen LogP contribution in [0.1, 0.15) is 34.5 Å². The summed E-state index contributed by atoms with van der Waals surface area (Å²) in [6.07, 6.45) is 0. The number of aromatic carboxylic acids is 1. The highest BCUT2D eigenvalue weighted by Crippen LogP contribution is 2.24. The molecule has 20 heavy (non-hydrogen) atoms. The van der Waals surface area contributed by atoms with Gasteiger partial charge in [0.15, 0.2) is 0 Å². The Balaban J connectivity index is 2.22. The summed E-state index contributed by atoms with van der Waals surface area (Å²) >= 11 is 3.41. The molecule has 2 aromatic rings. The number of halogens is 1. The summed E-state index contributed by atoms with van der Waals surface area (Å²) in [6.45, 7) is 4.01. The van der Waals surface area contributed by atoms with Gasteiger partial charge >= 0.3 is 5.97 Å². The van der Waals surface area contributed by atoms with Gasteiger partial charge in [-0.3, -0.25) is 0 Å². The maximum Gasteiger partial charge on any atom is 0.335 e. The smallest absolute Gasteiger partial charge is 0.335 e. The van der Waals surface area contributed by atoms with Crippen molar-refractivity contribution in [3.8, 4) is 0 Å². The molecule has 0 fully saturated rings. The Labute approximate surface area is 126 Å². The molecule has 0 saturated carbocycles. The largest absolute Gasteiger partial charge is 0.478 e. The summed E-state index contributed by atoms with van der Waals surface area (Å²) in [7, 11) is 0. The summed E-state index contributed by atoms with van der Waals surface area (Å²) in [5.74, 6) is -0.913. The Morgan fingerprint density at radius 1 is 1.20 bits per heavy atom. The van der Waals surface area contributed by atoms with E-state index in [9.17, 15) is 4.79 Å². The number of rotatable bonds is 4. The van der Waals surface area contributed by atoms with E-state index in [1.165, 1.54) is 0 Å². The number of nitrogens with one attached hydrogen (secondary N) is 1. The zero-order valence-electron chi connectivity index (χ0n) is 11.4. The molecule has 104 valence electrons. The fourth-order valence-electron chi connectivity index (χ4n) is 1.98.